The highest BCUT2D eigenvalue weighted by Crippen LogP contribution is 2.32. The van der Waals surface area contributed by atoms with Gasteiger partial charge in [0.15, 0.2) is 0 Å². The topological polar surface area (TPSA) is 67.2 Å². The van der Waals surface area contributed by atoms with Crippen molar-refractivity contribution in [1.82, 2.24) is 14.7 Å². The molecule has 0 aliphatic carbocycles. The molecule has 2 heterocycles. The molecule has 0 aliphatic heterocycles. The number of aromatic nitrogens is 2. The normalized spacial score (nSPS) is 11.0. The van der Waals surface area contributed by atoms with E-state index in [1.807, 2.05) is 68.4 Å². The largest absolute Gasteiger partial charge is 0.332 e. The second-order valence-corrected chi connectivity index (χ2v) is 8.94. The van der Waals surface area contributed by atoms with Gasteiger partial charge in [0.2, 0.25) is 5.91 Å². The van der Waals surface area contributed by atoms with E-state index >= 15 is 0 Å². The van der Waals surface area contributed by atoms with Crippen molar-refractivity contribution in [3.8, 4) is 5.69 Å². The van der Waals surface area contributed by atoms with Crippen LogP contribution in [0.1, 0.15) is 27.9 Å². The quantitative estimate of drug-likeness (QED) is 0.418. The Hall–Kier alpha value is -3.16. The zero-order valence-corrected chi connectivity index (χ0v) is 19.6. The maximum atomic E-state index is 13.0. The Morgan fingerprint density at radius 3 is 2.62 bits per heavy atom. The maximum Gasteiger partial charge on any atom is 0.264 e. The Balaban J connectivity index is 1.54. The molecule has 4 aromatic rings. The fraction of sp³-hybridized carbons (Fsp3) is 0.208. The van der Waals surface area contributed by atoms with Crippen molar-refractivity contribution in [2.24, 2.45) is 0 Å². The van der Waals surface area contributed by atoms with Crippen LogP contribution < -0.4 is 5.32 Å². The summed E-state index contributed by atoms with van der Waals surface area (Å²) in [5, 5.41) is 8.98. The Morgan fingerprint density at radius 1 is 1.16 bits per heavy atom. The van der Waals surface area contributed by atoms with Gasteiger partial charge >= 0.3 is 0 Å². The Kier molecular flexibility index (Phi) is 6.30. The monoisotopic (exact) mass is 466 g/mol. The van der Waals surface area contributed by atoms with E-state index in [9.17, 15) is 9.59 Å². The zero-order chi connectivity index (χ0) is 22.8. The van der Waals surface area contributed by atoms with E-state index < -0.39 is 0 Å². The summed E-state index contributed by atoms with van der Waals surface area (Å²) in [6, 6.07) is 17.0. The fourth-order valence-electron chi connectivity index (χ4n) is 3.56. The van der Waals surface area contributed by atoms with E-state index in [4.69, 9.17) is 11.6 Å². The maximum absolute atomic E-state index is 13.0. The van der Waals surface area contributed by atoms with Gasteiger partial charge in [-0.3, -0.25) is 9.59 Å². The molecular formula is C24H23ClN4O2S. The van der Waals surface area contributed by atoms with Crippen LogP contribution in [0.4, 0.5) is 5.69 Å². The van der Waals surface area contributed by atoms with Gasteiger partial charge in [-0.05, 0) is 43.2 Å². The first-order valence-electron chi connectivity index (χ1n) is 10.3. The minimum absolute atomic E-state index is 0.0409. The smallest absolute Gasteiger partial charge is 0.264 e. The number of thiophene rings is 1. The predicted molar refractivity (Wildman–Crippen MR) is 130 cm³/mol. The zero-order valence-electron chi connectivity index (χ0n) is 18.1. The number of fused-ring (bicyclic) bond motifs is 1. The number of anilines is 1. The summed E-state index contributed by atoms with van der Waals surface area (Å²) in [5.74, 6) is -0.448. The summed E-state index contributed by atoms with van der Waals surface area (Å²) < 4.78 is 1.77. The van der Waals surface area contributed by atoms with Crippen molar-refractivity contribution in [2.45, 2.75) is 20.3 Å². The number of para-hydroxylation sites is 2. The first kappa shape index (κ1) is 22.0. The molecule has 0 atom stereocenters. The molecule has 4 rings (SSSR count). The van der Waals surface area contributed by atoms with Gasteiger partial charge in [0, 0.05) is 18.1 Å². The fourth-order valence-corrected chi connectivity index (χ4v) is 4.94. The molecule has 2 aromatic heterocycles. The number of carbonyl (C=O) groups excluding carboxylic acids is 2. The summed E-state index contributed by atoms with van der Waals surface area (Å²) in [6.45, 7) is 3.90. The second kappa shape index (κ2) is 9.14. The van der Waals surface area contributed by atoms with Crippen LogP contribution in [0.15, 0.2) is 54.6 Å². The van der Waals surface area contributed by atoms with E-state index in [-0.39, 0.29) is 18.4 Å². The molecule has 164 valence electrons. The molecule has 0 bridgehead atoms. The van der Waals surface area contributed by atoms with Crippen LogP contribution in [0.3, 0.4) is 0 Å². The molecule has 0 aliphatic rings. The van der Waals surface area contributed by atoms with Crippen LogP contribution in [0.5, 0.6) is 0 Å². The average Bonchev–Trinajstić information content (AvgIpc) is 3.34. The second-order valence-electron chi connectivity index (χ2n) is 7.50. The average molecular weight is 467 g/mol. The van der Waals surface area contributed by atoms with Crippen LogP contribution >= 0.6 is 22.9 Å². The lowest BCUT2D eigenvalue weighted by molar-refractivity contribution is -0.116. The first-order chi connectivity index (χ1) is 15.4. The van der Waals surface area contributed by atoms with Gasteiger partial charge in [0.05, 0.1) is 27.8 Å². The number of hydrogen-bond acceptors (Lipinski definition) is 4. The highest BCUT2D eigenvalue weighted by Gasteiger charge is 2.21. The molecule has 0 saturated carbocycles. The molecule has 2 aromatic carbocycles. The number of hydrogen-bond donors (Lipinski definition) is 1. The van der Waals surface area contributed by atoms with Crippen LogP contribution in [0, 0.1) is 6.92 Å². The lowest BCUT2D eigenvalue weighted by Crippen LogP contribution is -2.34. The third kappa shape index (κ3) is 4.26. The van der Waals surface area contributed by atoms with Crippen molar-refractivity contribution in [3.63, 3.8) is 0 Å². The molecule has 0 spiro atoms. The molecule has 8 heteroatoms. The first-order valence-corrected chi connectivity index (χ1v) is 11.5. The summed E-state index contributed by atoms with van der Waals surface area (Å²) in [6.07, 6.45) is 0.814. The Labute approximate surface area is 195 Å². The van der Waals surface area contributed by atoms with E-state index in [1.54, 1.807) is 11.7 Å². The molecule has 32 heavy (non-hydrogen) atoms. The SMILES string of the molecule is CCc1ccccc1NC(=O)CN(C)C(=O)c1cc2c(C)nn(-c3ccccc3Cl)c2s1. The number of benzene rings is 2. The van der Waals surface area contributed by atoms with Crippen molar-refractivity contribution < 1.29 is 9.59 Å². The van der Waals surface area contributed by atoms with Gasteiger partial charge in [0.1, 0.15) is 4.83 Å². The number of nitrogens with zero attached hydrogens (tertiary/aromatic N) is 3. The number of carbonyl (C=O) groups is 2. The van der Waals surface area contributed by atoms with Crippen LogP contribution in [0.2, 0.25) is 5.02 Å². The summed E-state index contributed by atoms with van der Waals surface area (Å²) in [5.41, 5.74) is 3.40. The van der Waals surface area contributed by atoms with Crippen molar-refractivity contribution in [3.05, 3.63) is 75.8 Å². The predicted octanol–water partition coefficient (Wildman–Crippen LogP) is 5.32. The van der Waals surface area contributed by atoms with Gasteiger partial charge < -0.3 is 10.2 Å². The van der Waals surface area contributed by atoms with Crippen LogP contribution in [0.25, 0.3) is 15.9 Å². The summed E-state index contributed by atoms with van der Waals surface area (Å²) >= 11 is 7.70. The van der Waals surface area contributed by atoms with Gasteiger partial charge in [-0.25, -0.2) is 4.68 Å². The van der Waals surface area contributed by atoms with E-state index in [2.05, 4.69) is 10.4 Å². The number of rotatable bonds is 6. The molecule has 6 nitrogen and oxygen atoms in total. The molecule has 0 unspecified atom stereocenters. The highest BCUT2D eigenvalue weighted by atomic mass is 35.5. The van der Waals surface area contributed by atoms with Gasteiger partial charge in [-0.1, -0.05) is 48.9 Å². The van der Waals surface area contributed by atoms with Crippen molar-refractivity contribution in [2.75, 3.05) is 18.9 Å². The van der Waals surface area contributed by atoms with Crippen LogP contribution in [-0.2, 0) is 11.2 Å². The highest BCUT2D eigenvalue weighted by molar-refractivity contribution is 7.20. The Bertz CT molecular complexity index is 1310. The minimum Gasteiger partial charge on any atom is -0.332 e. The number of amides is 2. The number of likely N-dealkylation sites (N-methyl/N-ethyl adjacent to an activating group) is 1. The lowest BCUT2D eigenvalue weighted by Gasteiger charge is -2.17. The van der Waals surface area contributed by atoms with E-state index in [0.717, 1.165) is 39.3 Å². The van der Waals surface area contributed by atoms with Crippen LogP contribution in [-0.4, -0.2) is 40.1 Å². The molecule has 2 amide bonds. The summed E-state index contributed by atoms with van der Waals surface area (Å²) in [7, 11) is 1.63. The number of aryl methyl sites for hydroxylation is 2. The molecule has 0 fully saturated rings. The van der Waals surface area contributed by atoms with Gasteiger partial charge in [-0.15, -0.1) is 11.3 Å². The molecule has 1 N–H and O–H groups in total. The van der Waals surface area contributed by atoms with Crippen molar-refractivity contribution in [1.29, 1.82) is 0 Å². The Morgan fingerprint density at radius 2 is 1.88 bits per heavy atom. The standard InChI is InChI=1S/C24H23ClN4O2S/c1-4-16-9-5-7-11-19(16)26-22(30)14-28(3)23(31)21-13-17-15(2)27-29(24(17)32-21)20-12-8-6-10-18(20)25/h5-13H,4,14H2,1-3H3,(H,26,30). The van der Waals surface area contributed by atoms with E-state index in [0.29, 0.717) is 9.90 Å². The van der Waals surface area contributed by atoms with Gasteiger partial charge in [0.25, 0.3) is 5.91 Å². The van der Waals surface area contributed by atoms with Crippen molar-refractivity contribution >= 4 is 50.7 Å². The third-order valence-electron chi connectivity index (χ3n) is 5.24. The third-order valence-corrected chi connectivity index (χ3v) is 6.65. The van der Waals surface area contributed by atoms with Gasteiger partial charge in [-0.2, -0.15) is 5.10 Å². The summed E-state index contributed by atoms with van der Waals surface area (Å²) in [4.78, 5) is 28.4. The number of halogens is 1. The number of nitrogens with one attached hydrogen (secondary N) is 1. The molecular weight excluding hydrogens is 444 g/mol. The molecule has 0 saturated heterocycles. The minimum atomic E-state index is -0.235. The molecule has 0 radical (unpaired) electrons. The van der Waals surface area contributed by atoms with E-state index in [1.165, 1.54) is 16.2 Å². The lowest BCUT2D eigenvalue weighted by atomic mass is 10.1.